The van der Waals surface area contributed by atoms with E-state index in [2.05, 4.69) is 5.10 Å². The van der Waals surface area contributed by atoms with Crippen LogP contribution in [0.25, 0.3) is 5.69 Å². The highest BCUT2D eigenvalue weighted by molar-refractivity contribution is 6.04. The first-order valence-corrected chi connectivity index (χ1v) is 11.0. The first-order chi connectivity index (χ1) is 17.8. The van der Waals surface area contributed by atoms with Crippen LogP contribution in [0.1, 0.15) is 17.5 Å². The third kappa shape index (κ3) is 6.14. The van der Waals surface area contributed by atoms with E-state index in [1.807, 2.05) is 25.1 Å². The van der Waals surface area contributed by atoms with E-state index in [0.29, 0.717) is 24.2 Å². The number of nitrogens with two attached hydrogens (primary N) is 1. The average Bonchev–Trinajstić information content (AvgIpc) is 3.22. The normalized spacial score (nSPS) is 12.9. The van der Waals surface area contributed by atoms with Crippen molar-refractivity contribution < 1.29 is 36.6 Å². The van der Waals surface area contributed by atoms with Gasteiger partial charge in [0.2, 0.25) is 5.91 Å². The SMILES string of the molecule is Cc1cccc2c1N(c1cccc(-n3cnn(CC(CN)=C(F)F)c3=O)c1)C(=O)CC2.O=C(O)C(F)(F)F. The lowest BCUT2D eigenvalue weighted by atomic mass is 9.97. The van der Waals surface area contributed by atoms with Crippen molar-refractivity contribution in [2.24, 2.45) is 5.73 Å². The highest BCUT2D eigenvalue weighted by atomic mass is 19.4. The summed E-state index contributed by atoms with van der Waals surface area (Å²) in [6.45, 7) is 1.20. The van der Waals surface area contributed by atoms with Gasteiger partial charge in [-0.2, -0.15) is 27.1 Å². The van der Waals surface area contributed by atoms with E-state index in [4.69, 9.17) is 15.6 Å². The molecule has 202 valence electrons. The highest BCUT2D eigenvalue weighted by Gasteiger charge is 2.38. The van der Waals surface area contributed by atoms with Gasteiger partial charge in [0, 0.05) is 18.5 Å². The number of amides is 1. The maximum atomic E-state index is 12.9. The van der Waals surface area contributed by atoms with Crippen molar-refractivity contribution in [1.82, 2.24) is 14.3 Å². The van der Waals surface area contributed by atoms with Gasteiger partial charge in [-0.25, -0.2) is 18.8 Å². The number of nitrogens with zero attached hydrogens (tertiary/aromatic N) is 4. The van der Waals surface area contributed by atoms with Crippen LogP contribution < -0.4 is 16.3 Å². The van der Waals surface area contributed by atoms with Crippen molar-refractivity contribution in [2.45, 2.75) is 32.5 Å². The highest BCUT2D eigenvalue weighted by Crippen LogP contribution is 2.37. The number of carboxylic acid groups (broad SMARTS) is 1. The molecular weight excluding hydrogens is 517 g/mol. The fourth-order valence-electron chi connectivity index (χ4n) is 3.78. The standard InChI is InChI=1S/C22H21F2N5O2.C2HF3O2/c1-14-4-2-5-15-8-9-19(30)29(20(14)15)18-7-3-6-17(10-18)27-13-26-28(22(27)31)12-16(11-25)21(23)24;3-2(4,5)1(6)7/h2-7,10,13H,8-9,11-12,25H2,1H3;(H,6,7). The number of para-hydroxylation sites is 1. The van der Waals surface area contributed by atoms with Crippen molar-refractivity contribution in [3.63, 3.8) is 0 Å². The Morgan fingerprint density at radius 1 is 1.08 bits per heavy atom. The fourth-order valence-corrected chi connectivity index (χ4v) is 3.78. The molecule has 38 heavy (non-hydrogen) atoms. The minimum atomic E-state index is -5.08. The van der Waals surface area contributed by atoms with Gasteiger partial charge in [0.05, 0.1) is 23.6 Å². The zero-order valence-electron chi connectivity index (χ0n) is 19.9. The number of aryl methyl sites for hydroxylation is 2. The third-order valence-corrected chi connectivity index (χ3v) is 5.60. The summed E-state index contributed by atoms with van der Waals surface area (Å²) in [6.07, 6.45) is -4.66. The average molecular weight is 539 g/mol. The predicted octanol–water partition coefficient (Wildman–Crippen LogP) is 3.70. The Morgan fingerprint density at radius 3 is 2.32 bits per heavy atom. The number of hydrogen-bond donors (Lipinski definition) is 2. The van der Waals surface area contributed by atoms with Crippen molar-refractivity contribution in [3.05, 3.63) is 82.1 Å². The van der Waals surface area contributed by atoms with Gasteiger partial charge in [0.1, 0.15) is 6.33 Å². The molecule has 0 saturated carbocycles. The Balaban J connectivity index is 0.000000505. The molecule has 0 saturated heterocycles. The van der Waals surface area contributed by atoms with E-state index in [0.717, 1.165) is 21.5 Å². The number of fused-ring (bicyclic) bond motifs is 1. The second-order valence-corrected chi connectivity index (χ2v) is 8.14. The summed E-state index contributed by atoms with van der Waals surface area (Å²) >= 11 is 0. The maximum absolute atomic E-state index is 12.9. The van der Waals surface area contributed by atoms with Crippen LogP contribution >= 0.6 is 0 Å². The molecule has 3 N–H and O–H groups in total. The van der Waals surface area contributed by atoms with Gasteiger partial charge in [-0.05, 0) is 42.7 Å². The molecule has 0 atom stereocenters. The monoisotopic (exact) mass is 539 g/mol. The van der Waals surface area contributed by atoms with E-state index < -0.39 is 23.9 Å². The predicted molar refractivity (Wildman–Crippen MR) is 126 cm³/mol. The molecule has 0 unspecified atom stereocenters. The molecule has 1 aliphatic heterocycles. The van der Waals surface area contributed by atoms with E-state index in [1.54, 1.807) is 29.2 Å². The van der Waals surface area contributed by atoms with Crippen LogP contribution in [-0.2, 0) is 22.6 Å². The molecule has 9 nitrogen and oxygen atoms in total. The van der Waals surface area contributed by atoms with Crippen LogP contribution in [0.2, 0.25) is 0 Å². The van der Waals surface area contributed by atoms with Gasteiger partial charge in [-0.3, -0.25) is 9.69 Å². The zero-order chi connectivity index (χ0) is 28.2. The first kappa shape index (κ1) is 28.2. The minimum Gasteiger partial charge on any atom is -0.475 e. The summed E-state index contributed by atoms with van der Waals surface area (Å²) in [7, 11) is 0. The summed E-state index contributed by atoms with van der Waals surface area (Å²) < 4.78 is 59.7. The Bertz CT molecular complexity index is 1440. The lowest BCUT2D eigenvalue weighted by Crippen LogP contribution is -2.31. The van der Waals surface area contributed by atoms with Crippen LogP contribution in [0.15, 0.2) is 65.2 Å². The Morgan fingerprint density at radius 2 is 1.71 bits per heavy atom. The summed E-state index contributed by atoms with van der Waals surface area (Å²) in [5, 5.41) is 11.1. The summed E-state index contributed by atoms with van der Waals surface area (Å²) in [4.78, 5) is 36.1. The van der Waals surface area contributed by atoms with E-state index in [-0.39, 0.29) is 24.6 Å². The zero-order valence-corrected chi connectivity index (χ0v) is 19.9. The molecule has 2 heterocycles. The third-order valence-electron chi connectivity index (χ3n) is 5.60. The number of hydrogen-bond acceptors (Lipinski definition) is 5. The van der Waals surface area contributed by atoms with Gasteiger partial charge in [-0.15, -0.1) is 0 Å². The molecule has 0 fully saturated rings. The Labute approximate surface area is 212 Å². The molecule has 0 aliphatic carbocycles. The van der Waals surface area contributed by atoms with Gasteiger partial charge in [-0.1, -0.05) is 24.3 Å². The van der Waals surface area contributed by atoms with Crippen LogP contribution in [-0.4, -0.2) is 44.1 Å². The smallest absolute Gasteiger partial charge is 0.475 e. The molecule has 0 spiro atoms. The number of rotatable bonds is 5. The molecule has 1 amide bonds. The Hall–Kier alpha value is -4.33. The quantitative estimate of drug-likeness (QED) is 0.477. The van der Waals surface area contributed by atoms with Gasteiger partial charge in [0.25, 0.3) is 6.08 Å². The number of benzene rings is 2. The lowest BCUT2D eigenvalue weighted by Gasteiger charge is -2.31. The Kier molecular flexibility index (Phi) is 8.46. The van der Waals surface area contributed by atoms with Crippen LogP contribution in [0.4, 0.5) is 33.3 Å². The number of alkyl halides is 3. The topological polar surface area (TPSA) is 123 Å². The number of halogens is 5. The van der Waals surface area contributed by atoms with E-state index >= 15 is 0 Å². The van der Waals surface area contributed by atoms with Gasteiger partial charge < -0.3 is 10.8 Å². The van der Waals surface area contributed by atoms with Crippen molar-refractivity contribution >= 4 is 23.3 Å². The van der Waals surface area contributed by atoms with Crippen molar-refractivity contribution in [2.75, 3.05) is 11.4 Å². The summed E-state index contributed by atoms with van der Waals surface area (Å²) in [6, 6.07) is 12.9. The molecule has 2 aromatic carbocycles. The molecule has 0 bridgehead atoms. The summed E-state index contributed by atoms with van der Waals surface area (Å²) in [5.74, 6) is -2.79. The number of aliphatic carboxylic acids is 1. The van der Waals surface area contributed by atoms with Crippen molar-refractivity contribution in [3.8, 4) is 5.69 Å². The lowest BCUT2D eigenvalue weighted by molar-refractivity contribution is -0.192. The van der Waals surface area contributed by atoms with Crippen LogP contribution in [0, 0.1) is 6.92 Å². The van der Waals surface area contributed by atoms with Gasteiger partial charge in [0.15, 0.2) is 0 Å². The number of carboxylic acids is 1. The maximum Gasteiger partial charge on any atom is 0.490 e. The van der Waals surface area contributed by atoms with Gasteiger partial charge >= 0.3 is 17.8 Å². The van der Waals surface area contributed by atoms with E-state index in [1.165, 1.54) is 10.9 Å². The molecule has 0 radical (unpaired) electrons. The second-order valence-electron chi connectivity index (χ2n) is 8.14. The molecule has 3 aromatic rings. The fraction of sp³-hybridized carbons (Fsp3) is 0.250. The minimum absolute atomic E-state index is 0.0295. The number of anilines is 2. The second kappa shape index (κ2) is 11.4. The molecule has 4 rings (SSSR count). The number of carbonyl (C=O) groups excluding carboxylic acids is 1. The van der Waals surface area contributed by atoms with Crippen LogP contribution in [0.5, 0.6) is 0 Å². The van der Waals surface area contributed by atoms with E-state index in [9.17, 15) is 31.5 Å². The molecule has 1 aromatic heterocycles. The molecule has 1 aliphatic rings. The van der Waals surface area contributed by atoms with Crippen molar-refractivity contribution in [1.29, 1.82) is 0 Å². The number of carbonyl (C=O) groups is 2. The molecular formula is C24H22F5N5O4. The first-order valence-electron chi connectivity index (χ1n) is 11.0. The summed E-state index contributed by atoms with van der Waals surface area (Å²) in [5.41, 5.74) is 8.42. The number of aromatic nitrogens is 3. The largest absolute Gasteiger partial charge is 0.490 e. The van der Waals surface area contributed by atoms with Crippen LogP contribution in [0.3, 0.4) is 0 Å². The molecule has 14 heteroatoms.